The van der Waals surface area contributed by atoms with Crippen LogP contribution in [0.5, 0.6) is 0 Å². The minimum atomic E-state index is -0.217. The normalized spacial score (nSPS) is 11.0. The number of rotatable bonds is 2. The molecular formula is C14H10BrFN2. The third kappa shape index (κ3) is 2.16. The van der Waals surface area contributed by atoms with Crippen molar-refractivity contribution in [2.45, 2.75) is 6.54 Å². The Morgan fingerprint density at radius 3 is 2.89 bits per heavy atom. The third-order valence-electron chi connectivity index (χ3n) is 2.83. The number of benzene rings is 2. The third-order valence-corrected chi connectivity index (χ3v) is 3.32. The first-order valence-corrected chi connectivity index (χ1v) is 6.37. The Morgan fingerprint density at radius 1 is 1.17 bits per heavy atom. The van der Waals surface area contributed by atoms with Gasteiger partial charge in [0, 0.05) is 9.86 Å². The van der Waals surface area contributed by atoms with E-state index in [9.17, 15) is 4.39 Å². The van der Waals surface area contributed by atoms with Crippen LogP contribution in [0.25, 0.3) is 10.9 Å². The highest BCUT2D eigenvalue weighted by atomic mass is 79.9. The van der Waals surface area contributed by atoms with Crippen molar-refractivity contribution in [1.82, 2.24) is 9.78 Å². The zero-order valence-corrected chi connectivity index (χ0v) is 11.1. The molecule has 0 saturated heterocycles. The van der Waals surface area contributed by atoms with Crippen LogP contribution in [0.15, 0.2) is 53.1 Å². The molecule has 1 aromatic heterocycles. The maximum absolute atomic E-state index is 13.1. The maximum atomic E-state index is 13.1. The summed E-state index contributed by atoms with van der Waals surface area (Å²) in [6.45, 7) is 0.567. The van der Waals surface area contributed by atoms with Gasteiger partial charge >= 0.3 is 0 Å². The average molecular weight is 305 g/mol. The summed E-state index contributed by atoms with van der Waals surface area (Å²) in [7, 11) is 0. The molecule has 0 amide bonds. The van der Waals surface area contributed by atoms with Crippen LogP contribution in [0.2, 0.25) is 0 Å². The lowest BCUT2D eigenvalue weighted by Gasteiger charge is -2.04. The smallest absolute Gasteiger partial charge is 0.123 e. The molecule has 3 rings (SSSR count). The monoisotopic (exact) mass is 304 g/mol. The lowest BCUT2D eigenvalue weighted by Crippen LogP contribution is -2.01. The second-order valence-electron chi connectivity index (χ2n) is 4.14. The molecule has 0 aliphatic heterocycles. The van der Waals surface area contributed by atoms with Gasteiger partial charge in [-0.05, 0) is 29.8 Å². The zero-order chi connectivity index (χ0) is 12.5. The van der Waals surface area contributed by atoms with Crippen molar-refractivity contribution in [2.24, 2.45) is 0 Å². The summed E-state index contributed by atoms with van der Waals surface area (Å²) in [5, 5.41) is 5.41. The summed E-state index contributed by atoms with van der Waals surface area (Å²) in [5.74, 6) is -0.217. The first kappa shape index (κ1) is 11.4. The van der Waals surface area contributed by atoms with Gasteiger partial charge in [0.2, 0.25) is 0 Å². The van der Waals surface area contributed by atoms with E-state index in [1.807, 2.05) is 35.1 Å². The SMILES string of the molecule is Fc1cccc(Cn2ncc3ccc(Br)cc32)c1. The Bertz CT molecular complexity index is 706. The number of hydrogen-bond donors (Lipinski definition) is 0. The summed E-state index contributed by atoms with van der Waals surface area (Å²) in [4.78, 5) is 0. The quantitative estimate of drug-likeness (QED) is 0.700. The van der Waals surface area contributed by atoms with Crippen LogP contribution in [0, 0.1) is 5.82 Å². The zero-order valence-electron chi connectivity index (χ0n) is 9.48. The first-order valence-electron chi connectivity index (χ1n) is 5.58. The molecule has 2 nitrogen and oxygen atoms in total. The van der Waals surface area contributed by atoms with Gasteiger partial charge in [-0.2, -0.15) is 5.10 Å². The molecule has 0 N–H and O–H groups in total. The summed E-state index contributed by atoms with van der Waals surface area (Å²) in [6, 6.07) is 12.6. The van der Waals surface area contributed by atoms with Crippen LogP contribution in [0.4, 0.5) is 4.39 Å². The Kier molecular flexibility index (Phi) is 2.88. The molecule has 2 aromatic carbocycles. The van der Waals surface area contributed by atoms with Gasteiger partial charge < -0.3 is 0 Å². The van der Waals surface area contributed by atoms with Crippen molar-refractivity contribution in [1.29, 1.82) is 0 Å². The van der Waals surface area contributed by atoms with E-state index in [0.717, 1.165) is 20.9 Å². The molecule has 0 bridgehead atoms. The van der Waals surface area contributed by atoms with Crippen molar-refractivity contribution in [3.8, 4) is 0 Å². The van der Waals surface area contributed by atoms with Gasteiger partial charge in [0.05, 0.1) is 18.3 Å². The van der Waals surface area contributed by atoms with Crippen LogP contribution in [0.3, 0.4) is 0 Å². The minimum Gasteiger partial charge on any atom is -0.260 e. The molecule has 0 saturated carbocycles. The number of nitrogens with zero attached hydrogens (tertiary/aromatic N) is 2. The topological polar surface area (TPSA) is 17.8 Å². The lowest BCUT2D eigenvalue weighted by molar-refractivity contribution is 0.621. The highest BCUT2D eigenvalue weighted by Gasteiger charge is 2.04. The van der Waals surface area contributed by atoms with Crippen molar-refractivity contribution < 1.29 is 4.39 Å². The van der Waals surface area contributed by atoms with E-state index in [1.54, 1.807) is 6.07 Å². The molecule has 0 fully saturated rings. The second kappa shape index (κ2) is 4.53. The van der Waals surface area contributed by atoms with E-state index < -0.39 is 0 Å². The molecule has 18 heavy (non-hydrogen) atoms. The molecule has 0 spiro atoms. The summed E-state index contributed by atoms with van der Waals surface area (Å²) >= 11 is 3.45. The molecule has 90 valence electrons. The van der Waals surface area contributed by atoms with Gasteiger partial charge in [0.25, 0.3) is 0 Å². The van der Waals surface area contributed by atoms with Crippen LogP contribution in [-0.4, -0.2) is 9.78 Å². The summed E-state index contributed by atoms with van der Waals surface area (Å²) in [6.07, 6.45) is 1.82. The minimum absolute atomic E-state index is 0.217. The molecule has 0 aliphatic carbocycles. The van der Waals surface area contributed by atoms with Crippen molar-refractivity contribution >= 4 is 26.8 Å². The van der Waals surface area contributed by atoms with E-state index in [1.165, 1.54) is 12.1 Å². The van der Waals surface area contributed by atoms with Crippen molar-refractivity contribution in [2.75, 3.05) is 0 Å². The van der Waals surface area contributed by atoms with Gasteiger partial charge in [0.15, 0.2) is 0 Å². The number of fused-ring (bicyclic) bond motifs is 1. The first-order chi connectivity index (χ1) is 8.72. The molecular weight excluding hydrogens is 295 g/mol. The van der Waals surface area contributed by atoms with E-state index in [-0.39, 0.29) is 5.82 Å². The largest absolute Gasteiger partial charge is 0.260 e. The maximum Gasteiger partial charge on any atom is 0.123 e. The molecule has 4 heteroatoms. The molecule has 0 atom stereocenters. The van der Waals surface area contributed by atoms with Crippen LogP contribution in [0.1, 0.15) is 5.56 Å². The number of halogens is 2. The van der Waals surface area contributed by atoms with Crippen LogP contribution in [-0.2, 0) is 6.54 Å². The highest BCUT2D eigenvalue weighted by Crippen LogP contribution is 2.20. The van der Waals surface area contributed by atoms with Crippen molar-refractivity contribution in [3.05, 3.63) is 64.5 Å². The van der Waals surface area contributed by atoms with Crippen molar-refractivity contribution in [3.63, 3.8) is 0 Å². The molecule has 0 aliphatic rings. The second-order valence-corrected chi connectivity index (χ2v) is 5.05. The predicted octanol–water partition coefficient (Wildman–Crippen LogP) is 3.99. The van der Waals surface area contributed by atoms with Gasteiger partial charge in [-0.3, -0.25) is 4.68 Å². The summed E-state index contributed by atoms with van der Waals surface area (Å²) in [5.41, 5.74) is 1.94. The fraction of sp³-hybridized carbons (Fsp3) is 0.0714. The van der Waals surface area contributed by atoms with E-state index in [2.05, 4.69) is 21.0 Å². The number of aromatic nitrogens is 2. The fourth-order valence-corrected chi connectivity index (χ4v) is 2.33. The number of hydrogen-bond acceptors (Lipinski definition) is 1. The van der Waals surface area contributed by atoms with Gasteiger partial charge in [0.1, 0.15) is 5.82 Å². The van der Waals surface area contributed by atoms with Crippen LogP contribution >= 0.6 is 15.9 Å². The lowest BCUT2D eigenvalue weighted by atomic mass is 10.2. The Hall–Kier alpha value is -1.68. The van der Waals surface area contributed by atoms with Gasteiger partial charge in [-0.25, -0.2) is 4.39 Å². The molecule has 0 radical (unpaired) electrons. The van der Waals surface area contributed by atoms with E-state index in [4.69, 9.17) is 0 Å². The summed E-state index contributed by atoms with van der Waals surface area (Å²) < 4.78 is 16.0. The Morgan fingerprint density at radius 2 is 2.06 bits per heavy atom. The van der Waals surface area contributed by atoms with Crippen LogP contribution < -0.4 is 0 Å². The predicted molar refractivity (Wildman–Crippen MR) is 72.9 cm³/mol. The fourth-order valence-electron chi connectivity index (χ4n) is 1.98. The van der Waals surface area contributed by atoms with Gasteiger partial charge in [-0.1, -0.05) is 34.1 Å². The van der Waals surface area contributed by atoms with Gasteiger partial charge in [-0.15, -0.1) is 0 Å². The Balaban J connectivity index is 2.02. The molecule has 3 aromatic rings. The highest BCUT2D eigenvalue weighted by molar-refractivity contribution is 9.10. The Labute approximate surface area is 112 Å². The van der Waals surface area contributed by atoms with E-state index in [0.29, 0.717) is 6.54 Å². The molecule has 0 unspecified atom stereocenters. The average Bonchev–Trinajstić information content (AvgIpc) is 2.72. The standard InChI is InChI=1S/C14H10BrFN2/c15-12-5-4-11-8-17-18(14(11)7-12)9-10-2-1-3-13(16)6-10/h1-8H,9H2. The van der Waals surface area contributed by atoms with E-state index >= 15 is 0 Å². The molecule has 1 heterocycles.